The van der Waals surface area contributed by atoms with E-state index in [0.717, 1.165) is 28.3 Å². The summed E-state index contributed by atoms with van der Waals surface area (Å²) in [5, 5.41) is 2.92. The third-order valence-corrected chi connectivity index (χ3v) is 4.35. The summed E-state index contributed by atoms with van der Waals surface area (Å²) in [7, 11) is 0. The van der Waals surface area contributed by atoms with Crippen molar-refractivity contribution in [3.05, 3.63) is 77.0 Å². The molecule has 3 rings (SSSR count). The molecule has 3 aromatic rings. The number of aryl methyl sites for hydroxylation is 4. The molecule has 0 radical (unpaired) electrons. The molecule has 0 aliphatic heterocycles. The van der Waals surface area contributed by atoms with Gasteiger partial charge in [0, 0.05) is 24.1 Å². The maximum atomic E-state index is 12.1. The predicted molar refractivity (Wildman–Crippen MR) is 102 cm³/mol. The molecule has 25 heavy (non-hydrogen) atoms. The van der Waals surface area contributed by atoms with Crippen molar-refractivity contribution in [1.29, 1.82) is 0 Å². The molecule has 0 saturated carbocycles. The van der Waals surface area contributed by atoms with E-state index in [1.165, 1.54) is 11.1 Å². The van der Waals surface area contributed by atoms with E-state index in [-0.39, 0.29) is 5.91 Å². The van der Waals surface area contributed by atoms with Crippen LogP contribution in [0.4, 0.5) is 5.69 Å². The monoisotopic (exact) mass is 333 g/mol. The molecule has 1 aromatic heterocycles. The van der Waals surface area contributed by atoms with E-state index in [4.69, 9.17) is 4.42 Å². The Morgan fingerprint density at radius 2 is 1.80 bits per heavy atom. The van der Waals surface area contributed by atoms with Gasteiger partial charge in [0.2, 0.25) is 5.91 Å². The van der Waals surface area contributed by atoms with Crippen molar-refractivity contribution < 1.29 is 9.21 Å². The van der Waals surface area contributed by atoms with Crippen LogP contribution in [0.5, 0.6) is 0 Å². The summed E-state index contributed by atoms with van der Waals surface area (Å²) in [6.45, 7) is 6.20. The molecule has 1 N–H and O–H groups in total. The van der Waals surface area contributed by atoms with Crippen molar-refractivity contribution in [3.63, 3.8) is 0 Å². The SMILES string of the molecule is Cc1cccc(NC(=O)CCc2ccc(-c3ccc(C)c(C)c3)o2)c1. The molecule has 0 aliphatic carbocycles. The highest BCUT2D eigenvalue weighted by molar-refractivity contribution is 5.90. The average molecular weight is 333 g/mol. The molecular formula is C22H23NO2. The van der Waals surface area contributed by atoms with Gasteiger partial charge in [0.15, 0.2) is 0 Å². The standard InChI is InChI=1S/C22H23NO2/c1-15-5-4-6-19(13-15)23-22(24)12-10-20-9-11-21(25-20)18-8-7-16(2)17(3)14-18/h4-9,11,13-14H,10,12H2,1-3H3,(H,23,24). The van der Waals surface area contributed by atoms with Gasteiger partial charge in [-0.15, -0.1) is 0 Å². The van der Waals surface area contributed by atoms with E-state index in [0.29, 0.717) is 12.8 Å². The van der Waals surface area contributed by atoms with Gasteiger partial charge in [-0.25, -0.2) is 0 Å². The summed E-state index contributed by atoms with van der Waals surface area (Å²) in [6.07, 6.45) is 0.982. The highest BCUT2D eigenvalue weighted by atomic mass is 16.3. The zero-order valence-electron chi connectivity index (χ0n) is 14.9. The number of hydrogen-bond acceptors (Lipinski definition) is 2. The van der Waals surface area contributed by atoms with Crippen molar-refractivity contribution in [2.24, 2.45) is 0 Å². The van der Waals surface area contributed by atoms with Crippen LogP contribution < -0.4 is 5.32 Å². The average Bonchev–Trinajstić information content (AvgIpc) is 3.04. The van der Waals surface area contributed by atoms with Gasteiger partial charge in [-0.05, 0) is 67.8 Å². The molecule has 0 fully saturated rings. The summed E-state index contributed by atoms with van der Waals surface area (Å²) < 4.78 is 5.90. The smallest absolute Gasteiger partial charge is 0.224 e. The maximum absolute atomic E-state index is 12.1. The number of carbonyl (C=O) groups is 1. The molecule has 128 valence electrons. The van der Waals surface area contributed by atoms with Gasteiger partial charge in [-0.1, -0.05) is 24.3 Å². The first kappa shape index (κ1) is 17.0. The number of amides is 1. The van der Waals surface area contributed by atoms with Gasteiger partial charge in [0.05, 0.1) is 0 Å². The van der Waals surface area contributed by atoms with Crippen molar-refractivity contribution >= 4 is 11.6 Å². The van der Waals surface area contributed by atoms with Crippen molar-refractivity contribution in [1.82, 2.24) is 0 Å². The zero-order valence-corrected chi connectivity index (χ0v) is 14.9. The molecule has 0 bridgehead atoms. The Hall–Kier alpha value is -2.81. The first-order chi connectivity index (χ1) is 12.0. The van der Waals surface area contributed by atoms with Gasteiger partial charge < -0.3 is 9.73 Å². The number of anilines is 1. The fourth-order valence-electron chi connectivity index (χ4n) is 2.75. The molecule has 3 heteroatoms. The Balaban J connectivity index is 1.59. The van der Waals surface area contributed by atoms with Crippen molar-refractivity contribution in [2.75, 3.05) is 5.32 Å². The van der Waals surface area contributed by atoms with Crippen LogP contribution in [0.3, 0.4) is 0 Å². The van der Waals surface area contributed by atoms with Gasteiger partial charge in [0.25, 0.3) is 0 Å². The molecule has 0 unspecified atom stereocenters. The Bertz CT molecular complexity index is 893. The second-order valence-electron chi connectivity index (χ2n) is 6.48. The Morgan fingerprint density at radius 3 is 2.56 bits per heavy atom. The summed E-state index contributed by atoms with van der Waals surface area (Å²) in [5.74, 6) is 1.67. The molecule has 0 spiro atoms. The molecule has 3 nitrogen and oxygen atoms in total. The van der Waals surface area contributed by atoms with Crippen LogP contribution in [0, 0.1) is 20.8 Å². The van der Waals surface area contributed by atoms with Gasteiger partial charge in [0.1, 0.15) is 11.5 Å². The number of carbonyl (C=O) groups excluding carboxylic acids is 1. The number of rotatable bonds is 5. The molecular weight excluding hydrogens is 310 g/mol. The Morgan fingerprint density at radius 1 is 0.960 bits per heavy atom. The first-order valence-electron chi connectivity index (χ1n) is 8.54. The minimum Gasteiger partial charge on any atom is -0.461 e. The van der Waals surface area contributed by atoms with Crippen molar-refractivity contribution in [2.45, 2.75) is 33.6 Å². The highest BCUT2D eigenvalue weighted by Gasteiger charge is 2.09. The molecule has 1 amide bonds. The van der Waals surface area contributed by atoms with Gasteiger partial charge >= 0.3 is 0 Å². The van der Waals surface area contributed by atoms with Gasteiger partial charge in [-0.3, -0.25) is 4.79 Å². The van der Waals surface area contributed by atoms with Crippen LogP contribution in [0.25, 0.3) is 11.3 Å². The summed E-state index contributed by atoms with van der Waals surface area (Å²) in [4.78, 5) is 12.1. The minimum atomic E-state index is -0.00488. The van der Waals surface area contributed by atoms with Crippen LogP contribution in [-0.2, 0) is 11.2 Å². The third-order valence-electron chi connectivity index (χ3n) is 4.35. The topological polar surface area (TPSA) is 42.2 Å². The molecule has 1 heterocycles. The summed E-state index contributed by atoms with van der Waals surface area (Å²) in [5.41, 5.74) is 5.54. The lowest BCUT2D eigenvalue weighted by Crippen LogP contribution is -2.12. The Kier molecular flexibility index (Phi) is 5.03. The van der Waals surface area contributed by atoms with Crippen LogP contribution in [0.15, 0.2) is 59.0 Å². The number of nitrogens with one attached hydrogen (secondary N) is 1. The van der Waals surface area contributed by atoms with Crippen LogP contribution in [0.2, 0.25) is 0 Å². The lowest BCUT2D eigenvalue weighted by Gasteiger charge is -2.05. The van der Waals surface area contributed by atoms with Crippen LogP contribution >= 0.6 is 0 Å². The number of hydrogen-bond donors (Lipinski definition) is 1. The fraction of sp³-hybridized carbons (Fsp3) is 0.227. The molecule has 0 aliphatic rings. The van der Waals surface area contributed by atoms with Crippen LogP contribution in [-0.4, -0.2) is 5.91 Å². The van der Waals surface area contributed by atoms with Gasteiger partial charge in [-0.2, -0.15) is 0 Å². The van der Waals surface area contributed by atoms with E-state index >= 15 is 0 Å². The van der Waals surface area contributed by atoms with Crippen molar-refractivity contribution in [3.8, 4) is 11.3 Å². The number of benzene rings is 2. The Labute approximate surface area is 148 Å². The molecule has 0 saturated heterocycles. The largest absolute Gasteiger partial charge is 0.461 e. The highest BCUT2D eigenvalue weighted by Crippen LogP contribution is 2.25. The van der Waals surface area contributed by atoms with Crippen LogP contribution in [0.1, 0.15) is 28.9 Å². The second kappa shape index (κ2) is 7.39. The third kappa shape index (κ3) is 4.38. The lowest BCUT2D eigenvalue weighted by molar-refractivity contribution is -0.116. The fourth-order valence-corrected chi connectivity index (χ4v) is 2.75. The lowest BCUT2D eigenvalue weighted by atomic mass is 10.1. The van der Waals surface area contributed by atoms with E-state index in [1.54, 1.807) is 0 Å². The van der Waals surface area contributed by atoms with E-state index < -0.39 is 0 Å². The quantitative estimate of drug-likeness (QED) is 0.675. The normalized spacial score (nSPS) is 10.7. The molecule has 0 atom stereocenters. The second-order valence-corrected chi connectivity index (χ2v) is 6.48. The predicted octanol–water partition coefficient (Wildman–Crippen LogP) is 5.44. The first-order valence-corrected chi connectivity index (χ1v) is 8.54. The van der Waals surface area contributed by atoms with E-state index in [9.17, 15) is 4.79 Å². The van der Waals surface area contributed by atoms with E-state index in [2.05, 4.69) is 37.4 Å². The molecule has 2 aromatic carbocycles. The number of furan rings is 1. The van der Waals surface area contributed by atoms with E-state index in [1.807, 2.05) is 43.3 Å². The maximum Gasteiger partial charge on any atom is 0.224 e. The zero-order chi connectivity index (χ0) is 17.8. The minimum absolute atomic E-state index is 0.00488. The summed E-state index contributed by atoms with van der Waals surface area (Å²) in [6, 6.07) is 18.0. The summed E-state index contributed by atoms with van der Waals surface area (Å²) >= 11 is 0.